The topological polar surface area (TPSA) is 119 Å². The van der Waals surface area contributed by atoms with Gasteiger partial charge in [-0.15, -0.1) is 0 Å². The average Bonchev–Trinajstić information content (AvgIpc) is 2.28. The first kappa shape index (κ1) is 19.1. The lowest BCUT2D eigenvalue weighted by Gasteiger charge is -2.23. The number of nitrogens with zero attached hydrogens (tertiary/aromatic N) is 1. The molecule has 7 nitrogen and oxygen atoms in total. The lowest BCUT2D eigenvalue weighted by molar-refractivity contribution is -0.681. The number of pyridine rings is 1. The lowest BCUT2D eigenvalue weighted by Crippen LogP contribution is -3.00. The smallest absolute Gasteiger partial charge is 0.368 e. The number of aliphatic carboxylic acids is 1. The Bertz CT molecular complexity index is 550. The molecule has 1 atom stereocenters. The molecule has 0 amide bonds. The third kappa shape index (κ3) is 4.31. The van der Waals surface area contributed by atoms with Gasteiger partial charge in [0.25, 0.3) is 5.34 Å². The summed E-state index contributed by atoms with van der Waals surface area (Å²) in [5, 5.41) is 16.8. The fraction of sp³-hybridized carbons (Fsp3) is 0.300. The minimum Gasteiger partial charge on any atom is -1.00 e. The number of carboxylic acid groups (broad SMARTS) is 1. The molecule has 0 fully saturated rings. The molecular formula is C10H13ClNO6PS. The van der Waals surface area contributed by atoms with Gasteiger partial charge in [0.05, 0.1) is 0 Å². The van der Waals surface area contributed by atoms with Crippen molar-refractivity contribution in [3.63, 3.8) is 0 Å². The van der Waals surface area contributed by atoms with E-state index in [9.17, 15) is 14.5 Å². The highest BCUT2D eigenvalue weighted by Gasteiger charge is 2.53. The maximum atomic E-state index is 11.1. The summed E-state index contributed by atoms with van der Waals surface area (Å²) in [6, 6.07) is 3.03. The maximum absolute atomic E-state index is 11.1. The first-order valence-corrected chi connectivity index (χ1v) is 7.22. The van der Waals surface area contributed by atoms with E-state index in [0.717, 1.165) is 0 Å². The second-order valence-electron chi connectivity index (χ2n) is 3.92. The third-order valence-electron chi connectivity index (χ3n) is 2.48. The highest BCUT2D eigenvalue weighted by molar-refractivity contribution is 7.78. The molecule has 0 bridgehead atoms. The molecule has 4 N–H and O–H groups in total. The first-order valence-electron chi connectivity index (χ1n) is 5.14. The van der Waals surface area contributed by atoms with Gasteiger partial charge in [0.15, 0.2) is 18.9 Å². The SMILES string of the molecule is O=C(O)C(O)(Cc1ccc[n+](CC=S)c1)P(=O)(O)O.[Cl-]. The summed E-state index contributed by atoms with van der Waals surface area (Å²) >= 11 is 4.67. The van der Waals surface area contributed by atoms with E-state index < -0.39 is 25.3 Å². The van der Waals surface area contributed by atoms with Crippen LogP contribution in [0.2, 0.25) is 0 Å². The Kier molecular flexibility index (Phi) is 6.89. The van der Waals surface area contributed by atoms with Crippen molar-refractivity contribution in [1.29, 1.82) is 0 Å². The summed E-state index contributed by atoms with van der Waals surface area (Å²) in [4.78, 5) is 28.9. The van der Waals surface area contributed by atoms with Gasteiger partial charge in [0, 0.05) is 23.4 Å². The van der Waals surface area contributed by atoms with Crippen LogP contribution in [0.4, 0.5) is 0 Å². The van der Waals surface area contributed by atoms with Gasteiger partial charge in [0.2, 0.25) is 0 Å². The average molecular weight is 342 g/mol. The van der Waals surface area contributed by atoms with E-state index in [4.69, 9.17) is 14.9 Å². The quantitative estimate of drug-likeness (QED) is 0.240. The van der Waals surface area contributed by atoms with Crippen LogP contribution in [0.15, 0.2) is 24.5 Å². The minimum absolute atomic E-state index is 0. The van der Waals surface area contributed by atoms with E-state index in [-0.39, 0.29) is 18.0 Å². The summed E-state index contributed by atoms with van der Waals surface area (Å²) < 4.78 is 12.7. The summed E-state index contributed by atoms with van der Waals surface area (Å²) in [6.45, 7) is 0.380. The van der Waals surface area contributed by atoms with Crippen molar-refractivity contribution in [2.75, 3.05) is 0 Å². The highest BCUT2D eigenvalue weighted by Crippen LogP contribution is 2.50. The summed E-state index contributed by atoms with van der Waals surface area (Å²) in [6.07, 6.45) is 2.42. The molecular weight excluding hydrogens is 329 g/mol. The van der Waals surface area contributed by atoms with E-state index >= 15 is 0 Å². The van der Waals surface area contributed by atoms with Crippen molar-refractivity contribution in [3.8, 4) is 0 Å². The molecule has 1 aromatic rings. The number of aliphatic hydroxyl groups is 1. The van der Waals surface area contributed by atoms with Crippen LogP contribution in [0.1, 0.15) is 5.56 Å². The Morgan fingerprint density at radius 2 is 2.10 bits per heavy atom. The number of halogens is 1. The summed E-state index contributed by atoms with van der Waals surface area (Å²) in [5.74, 6) is -1.97. The zero-order valence-electron chi connectivity index (χ0n) is 10.1. The third-order valence-corrected chi connectivity index (χ3v) is 3.94. The number of carbonyl (C=O) groups is 1. The number of carboxylic acids is 1. The molecule has 0 radical (unpaired) electrons. The normalized spacial score (nSPS) is 13.9. The molecule has 0 spiro atoms. The molecule has 0 aliphatic heterocycles. The predicted octanol–water partition coefficient (Wildman–Crippen LogP) is -3.53. The molecule has 20 heavy (non-hydrogen) atoms. The molecule has 0 aromatic carbocycles. The molecule has 0 aliphatic carbocycles. The van der Waals surface area contributed by atoms with E-state index in [1.807, 2.05) is 0 Å². The zero-order chi connectivity index (χ0) is 14.7. The van der Waals surface area contributed by atoms with Crippen molar-refractivity contribution in [2.24, 2.45) is 0 Å². The maximum Gasteiger partial charge on any atom is 0.368 e. The van der Waals surface area contributed by atoms with Crippen LogP contribution >= 0.6 is 19.8 Å². The highest BCUT2D eigenvalue weighted by atomic mass is 35.5. The van der Waals surface area contributed by atoms with Crippen molar-refractivity contribution in [1.82, 2.24) is 0 Å². The van der Waals surface area contributed by atoms with Gasteiger partial charge in [0.1, 0.15) is 0 Å². The fourth-order valence-corrected chi connectivity index (χ4v) is 2.28. The second-order valence-corrected chi connectivity index (χ2v) is 6.08. The van der Waals surface area contributed by atoms with Crippen molar-refractivity contribution < 1.29 is 46.3 Å². The molecule has 0 aliphatic rings. The monoisotopic (exact) mass is 341 g/mol. The van der Waals surface area contributed by atoms with Gasteiger partial charge in [-0.3, -0.25) is 4.57 Å². The molecule has 0 saturated carbocycles. The van der Waals surface area contributed by atoms with Gasteiger partial charge in [-0.25, -0.2) is 9.36 Å². The second kappa shape index (κ2) is 7.21. The number of thiocarbonyl (C=S) groups is 1. The van der Waals surface area contributed by atoms with E-state index in [1.54, 1.807) is 16.8 Å². The zero-order valence-corrected chi connectivity index (χ0v) is 12.6. The van der Waals surface area contributed by atoms with Crippen LogP contribution < -0.4 is 17.0 Å². The molecule has 1 heterocycles. The Labute approximate surface area is 126 Å². The Balaban J connectivity index is 0.00000361. The Hall–Kier alpha value is -0.890. The number of rotatable bonds is 6. The van der Waals surface area contributed by atoms with Crippen LogP contribution in [-0.4, -0.2) is 36.7 Å². The molecule has 1 aromatic heterocycles. The van der Waals surface area contributed by atoms with Crippen molar-refractivity contribution in [2.45, 2.75) is 18.3 Å². The standard InChI is InChI=1S/C10H12NO6PS.ClH/c12-9(13)10(14,18(15,16)17)6-8-2-1-3-11(7-8)4-5-19;/h1-3,5,7,14H,4,6H2,(H2-,12,13,15,16,17);1H. The minimum atomic E-state index is -5.22. The number of hydrogen-bond donors (Lipinski definition) is 4. The lowest BCUT2D eigenvalue weighted by atomic mass is 10.1. The van der Waals surface area contributed by atoms with Crippen molar-refractivity contribution >= 4 is 31.2 Å². The Morgan fingerprint density at radius 3 is 2.55 bits per heavy atom. The van der Waals surface area contributed by atoms with E-state index in [1.165, 1.54) is 17.6 Å². The molecule has 0 saturated heterocycles. The van der Waals surface area contributed by atoms with Gasteiger partial charge >= 0.3 is 13.6 Å². The van der Waals surface area contributed by atoms with Gasteiger partial charge in [-0.2, -0.15) is 0 Å². The van der Waals surface area contributed by atoms with Gasteiger partial charge in [-0.1, -0.05) is 12.2 Å². The van der Waals surface area contributed by atoms with Crippen LogP contribution in [0.25, 0.3) is 0 Å². The van der Waals surface area contributed by atoms with E-state index in [0.29, 0.717) is 6.54 Å². The summed E-state index contributed by atoms with van der Waals surface area (Å²) in [5.41, 5.74) is 0.271. The Morgan fingerprint density at radius 1 is 1.50 bits per heavy atom. The van der Waals surface area contributed by atoms with Gasteiger partial charge in [-0.05, 0) is 6.07 Å². The van der Waals surface area contributed by atoms with E-state index in [2.05, 4.69) is 12.2 Å². The summed E-state index contributed by atoms with van der Waals surface area (Å²) in [7, 11) is -5.22. The number of aromatic nitrogens is 1. The molecule has 10 heteroatoms. The van der Waals surface area contributed by atoms with Crippen LogP contribution in [0, 0.1) is 0 Å². The van der Waals surface area contributed by atoms with Crippen LogP contribution in [0.5, 0.6) is 0 Å². The van der Waals surface area contributed by atoms with Crippen LogP contribution in [-0.2, 0) is 22.3 Å². The van der Waals surface area contributed by atoms with Gasteiger partial charge < -0.3 is 32.4 Å². The van der Waals surface area contributed by atoms with Crippen LogP contribution in [0.3, 0.4) is 0 Å². The van der Waals surface area contributed by atoms with Crippen molar-refractivity contribution in [3.05, 3.63) is 30.1 Å². The predicted molar refractivity (Wildman–Crippen MR) is 68.6 cm³/mol. The fourth-order valence-electron chi connectivity index (χ4n) is 1.47. The largest absolute Gasteiger partial charge is 1.00 e. The first-order chi connectivity index (χ1) is 8.70. The molecule has 112 valence electrons. The molecule has 1 rings (SSSR count). The molecule has 1 unspecified atom stereocenters. The number of hydrogen-bond acceptors (Lipinski definition) is 4.